The van der Waals surface area contributed by atoms with Gasteiger partial charge in [-0.2, -0.15) is 0 Å². The molecule has 1 saturated heterocycles. The molecule has 1 fully saturated rings. The molecule has 1 aliphatic heterocycles. The molecule has 0 amide bonds. The molecule has 0 saturated carbocycles. The Morgan fingerprint density at radius 2 is 2.10 bits per heavy atom. The summed E-state index contributed by atoms with van der Waals surface area (Å²) < 4.78 is 1.04. The van der Waals surface area contributed by atoms with Gasteiger partial charge >= 0.3 is 0 Å². The van der Waals surface area contributed by atoms with E-state index in [1.165, 1.54) is 11.1 Å². The lowest BCUT2D eigenvalue weighted by molar-refractivity contribution is 0.133. The Hall–Kier alpha value is -1.23. The summed E-state index contributed by atoms with van der Waals surface area (Å²) >= 11 is 3.50. The SMILES string of the molecule is CC1CNC(c2ccccc2)CN1Cc1cncc(Br)c1. The van der Waals surface area contributed by atoms with E-state index in [4.69, 9.17) is 0 Å². The van der Waals surface area contributed by atoms with Gasteiger partial charge in [0.05, 0.1) is 0 Å². The number of rotatable bonds is 3. The number of halogens is 1. The van der Waals surface area contributed by atoms with Crippen molar-refractivity contribution in [2.75, 3.05) is 13.1 Å². The number of pyridine rings is 1. The molecule has 1 aromatic carbocycles. The highest BCUT2D eigenvalue weighted by molar-refractivity contribution is 9.10. The average Bonchev–Trinajstić information content (AvgIpc) is 2.50. The molecule has 110 valence electrons. The van der Waals surface area contributed by atoms with Crippen LogP contribution in [0.1, 0.15) is 24.1 Å². The predicted molar refractivity (Wildman–Crippen MR) is 89.0 cm³/mol. The van der Waals surface area contributed by atoms with Gasteiger partial charge in [0, 0.05) is 48.6 Å². The molecular weight excluding hydrogens is 326 g/mol. The number of hydrogen-bond donors (Lipinski definition) is 1. The molecule has 3 rings (SSSR count). The molecule has 1 aliphatic rings. The molecule has 21 heavy (non-hydrogen) atoms. The van der Waals surface area contributed by atoms with Gasteiger partial charge in [-0.15, -0.1) is 0 Å². The van der Waals surface area contributed by atoms with Gasteiger partial charge in [-0.25, -0.2) is 0 Å². The van der Waals surface area contributed by atoms with E-state index in [2.05, 4.69) is 74.5 Å². The van der Waals surface area contributed by atoms with E-state index in [9.17, 15) is 0 Å². The molecule has 1 aromatic heterocycles. The minimum atomic E-state index is 0.405. The standard InChI is InChI=1S/C17H20BrN3/c1-13-8-20-17(15-5-3-2-4-6-15)12-21(13)11-14-7-16(18)10-19-9-14/h2-7,9-10,13,17,20H,8,11-12H2,1H3. The fourth-order valence-electron chi connectivity index (χ4n) is 2.83. The maximum atomic E-state index is 4.26. The van der Waals surface area contributed by atoms with Crippen LogP contribution in [0.25, 0.3) is 0 Å². The molecule has 2 atom stereocenters. The highest BCUT2D eigenvalue weighted by atomic mass is 79.9. The van der Waals surface area contributed by atoms with E-state index in [1.807, 2.05) is 12.4 Å². The van der Waals surface area contributed by atoms with Crippen LogP contribution in [-0.2, 0) is 6.54 Å². The summed E-state index contributed by atoms with van der Waals surface area (Å²) in [5, 5.41) is 3.65. The monoisotopic (exact) mass is 345 g/mol. The van der Waals surface area contributed by atoms with Crippen LogP contribution in [0.4, 0.5) is 0 Å². The number of nitrogens with zero attached hydrogens (tertiary/aromatic N) is 2. The Bertz CT molecular complexity index is 588. The van der Waals surface area contributed by atoms with E-state index < -0.39 is 0 Å². The zero-order valence-corrected chi connectivity index (χ0v) is 13.8. The minimum absolute atomic E-state index is 0.405. The van der Waals surface area contributed by atoms with Crippen molar-refractivity contribution < 1.29 is 0 Å². The van der Waals surface area contributed by atoms with Crippen LogP contribution in [0, 0.1) is 0 Å². The van der Waals surface area contributed by atoms with Crippen LogP contribution in [0.2, 0.25) is 0 Å². The van der Waals surface area contributed by atoms with Crippen molar-refractivity contribution in [1.82, 2.24) is 15.2 Å². The van der Waals surface area contributed by atoms with Gasteiger partial charge in [0.2, 0.25) is 0 Å². The Labute approximate surface area is 134 Å². The topological polar surface area (TPSA) is 28.2 Å². The van der Waals surface area contributed by atoms with Crippen LogP contribution in [-0.4, -0.2) is 29.0 Å². The van der Waals surface area contributed by atoms with Gasteiger partial charge < -0.3 is 5.32 Å². The number of aromatic nitrogens is 1. The number of benzene rings is 1. The maximum absolute atomic E-state index is 4.26. The summed E-state index contributed by atoms with van der Waals surface area (Å²) in [5.74, 6) is 0. The summed E-state index contributed by atoms with van der Waals surface area (Å²) in [6.45, 7) is 5.26. The Morgan fingerprint density at radius 3 is 2.86 bits per heavy atom. The van der Waals surface area contributed by atoms with Crippen molar-refractivity contribution in [3.05, 3.63) is 64.4 Å². The van der Waals surface area contributed by atoms with Gasteiger partial charge in [-0.1, -0.05) is 30.3 Å². The normalized spacial score (nSPS) is 23.1. The Balaban J connectivity index is 1.72. The van der Waals surface area contributed by atoms with Gasteiger partial charge in [0.25, 0.3) is 0 Å². The third-order valence-electron chi connectivity index (χ3n) is 4.05. The first-order valence-electron chi connectivity index (χ1n) is 7.34. The third kappa shape index (κ3) is 3.70. The summed E-state index contributed by atoms with van der Waals surface area (Å²) in [6.07, 6.45) is 3.79. The molecule has 2 unspecified atom stereocenters. The van der Waals surface area contributed by atoms with Gasteiger partial charge in [0.1, 0.15) is 0 Å². The van der Waals surface area contributed by atoms with E-state index in [0.29, 0.717) is 12.1 Å². The van der Waals surface area contributed by atoms with Gasteiger partial charge in [-0.3, -0.25) is 9.88 Å². The molecule has 1 N–H and O–H groups in total. The molecule has 4 heteroatoms. The quantitative estimate of drug-likeness (QED) is 0.924. The molecule has 2 heterocycles. The predicted octanol–water partition coefficient (Wildman–Crippen LogP) is 3.38. The largest absolute Gasteiger partial charge is 0.307 e. The highest BCUT2D eigenvalue weighted by Gasteiger charge is 2.25. The molecule has 0 bridgehead atoms. The number of piperazine rings is 1. The Kier molecular flexibility index (Phi) is 4.68. The van der Waals surface area contributed by atoms with Crippen LogP contribution in [0.3, 0.4) is 0 Å². The van der Waals surface area contributed by atoms with Crippen LogP contribution >= 0.6 is 15.9 Å². The Morgan fingerprint density at radius 1 is 1.29 bits per heavy atom. The lowest BCUT2D eigenvalue weighted by atomic mass is 10.0. The lowest BCUT2D eigenvalue weighted by Crippen LogP contribution is -2.50. The first-order valence-corrected chi connectivity index (χ1v) is 8.13. The zero-order valence-electron chi connectivity index (χ0n) is 12.2. The summed E-state index contributed by atoms with van der Waals surface area (Å²) in [4.78, 5) is 6.79. The fraction of sp³-hybridized carbons (Fsp3) is 0.353. The van der Waals surface area contributed by atoms with E-state index in [1.54, 1.807) is 0 Å². The maximum Gasteiger partial charge on any atom is 0.0450 e. The molecule has 0 radical (unpaired) electrons. The molecule has 0 aliphatic carbocycles. The third-order valence-corrected chi connectivity index (χ3v) is 4.48. The summed E-state index contributed by atoms with van der Waals surface area (Å²) in [5.41, 5.74) is 2.62. The van der Waals surface area contributed by atoms with Crippen molar-refractivity contribution in [3.8, 4) is 0 Å². The summed E-state index contributed by atoms with van der Waals surface area (Å²) in [6, 6.07) is 13.8. The van der Waals surface area contributed by atoms with E-state index in [-0.39, 0.29) is 0 Å². The molecule has 0 spiro atoms. The van der Waals surface area contributed by atoms with Crippen molar-refractivity contribution >= 4 is 15.9 Å². The second-order valence-corrected chi connectivity index (χ2v) is 6.58. The van der Waals surface area contributed by atoms with Crippen LogP contribution < -0.4 is 5.32 Å². The lowest BCUT2D eigenvalue weighted by Gasteiger charge is -2.39. The van der Waals surface area contributed by atoms with Crippen molar-refractivity contribution in [1.29, 1.82) is 0 Å². The van der Waals surface area contributed by atoms with Gasteiger partial charge in [-0.05, 0) is 40.0 Å². The number of hydrogen-bond acceptors (Lipinski definition) is 3. The summed E-state index contributed by atoms with van der Waals surface area (Å²) in [7, 11) is 0. The van der Waals surface area contributed by atoms with Crippen molar-refractivity contribution in [3.63, 3.8) is 0 Å². The van der Waals surface area contributed by atoms with Crippen LogP contribution in [0.15, 0.2) is 53.3 Å². The molecule has 3 nitrogen and oxygen atoms in total. The van der Waals surface area contributed by atoms with E-state index in [0.717, 1.165) is 24.1 Å². The second-order valence-electron chi connectivity index (χ2n) is 5.66. The minimum Gasteiger partial charge on any atom is -0.307 e. The van der Waals surface area contributed by atoms with Crippen LogP contribution in [0.5, 0.6) is 0 Å². The van der Waals surface area contributed by atoms with E-state index >= 15 is 0 Å². The number of nitrogens with one attached hydrogen (secondary N) is 1. The molecular formula is C17H20BrN3. The van der Waals surface area contributed by atoms with Gasteiger partial charge in [0.15, 0.2) is 0 Å². The first-order chi connectivity index (χ1) is 10.2. The second kappa shape index (κ2) is 6.69. The van der Waals surface area contributed by atoms with Crippen molar-refractivity contribution in [2.45, 2.75) is 25.6 Å². The zero-order chi connectivity index (χ0) is 14.7. The highest BCUT2D eigenvalue weighted by Crippen LogP contribution is 2.22. The molecule has 2 aromatic rings. The fourth-order valence-corrected chi connectivity index (χ4v) is 3.24. The smallest absolute Gasteiger partial charge is 0.0450 e. The van der Waals surface area contributed by atoms with Crippen molar-refractivity contribution in [2.24, 2.45) is 0 Å². The average molecular weight is 346 g/mol. The first kappa shape index (κ1) is 14.7.